The predicted molar refractivity (Wildman–Crippen MR) is 120 cm³/mol. The van der Waals surface area contributed by atoms with Crippen LogP contribution in [0.4, 0.5) is 4.79 Å². The molecular formula is C25H28N4O2. The average molecular weight is 417 g/mol. The van der Waals surface area contributed by atoms with Crippen LogP contribution in [0.2, 0.25) is 0 Å². The van der Waals surface area contributed by atoms with E-state index >= 15 is 0 Å². The Hall–Kier alpha value is -3.15. The fourth-order valence-electron chi connectivity index (χ4n) is 4.60. The summed E-state index contributed by atoms with van der Waals surface area (Å²) >= 11 is 0. The maximum absolute atomic E-state index is 12.3. The first kappa shape index (κ1) is 19.8. The Labute approximate surface area is 182 Å². The van der Waals surface area contributed by atoms with Crippen molar-refractivity contribution in [3.8, 4) is 22.3 Å². The molecule has 3 aromatic rings. The van der Waals surface area contributed by atoms with Gasteiger partial charge in [-0.25, -0.2) is 4.79 Å². The van der Waals surface area contributed by atoms with Crippen LogP contribution in [0.15, 0.2) is 48.9 Å². The second-order valence-electron chi connectivity index (χ2n) is 9.42. The number of piperidine rings is 1. The molecule has 0 unspecified atom stereocenters. The maximum Gasteiger partial charge on any atom is 0.410 e. The summed E-state index contributed by atoms with van der Waals surface area (Å²) < 4.78 is 7.57. The number of hydrogen-bond acceptors (Lipinski definition) is 4. The highest BCUT2D eigenvalue weighted by atomic mass is 16.6. The van der Waals surface area contributed by atoms with E-state index in [9.17, 15) is 4.79 Å². The number of hydrogen-bond donors (Lipinski definition) is 0. The number of carbonyl (C=O) groups is 1. The van der Waals surface area contributed by atoms with Crippen molar-refractivity contribution in [1.29, 1.82) is 0 Å². The Morgan fingerprint density at radius 2 is 1.87 bits per heavy atom. The Morgan fingerprint density at radius 1 is 1.10 bits per heavy atom. The summed E-state index contributed by atoms with van der Waals surface area (Å²) in [6, 6.07) is 10.9. The number of likely N-dealkylation sites (tertiary alicyclic amines) is 1. The zero-order valence-corrected chi connectivity index (χ0v) is 18.3. The van der Waals surface area contributed by atoms with Crippen LogP contribution in [-0.2, 0) is 11.2 Å². The number of carbonyl (C=O) groups excluding carboxylic acids is 1. The van der Waals surface area contributed by atoms with Gasteiger partial charge in [0.2, 0.25) is 0 Å². The molecule has 31 heavy (non-hydrogen) atoms. The largest absolute Gasteiger partial charge is 0.444 e. The molecule has 0 atom stereocenters. The van der Waals surface area contributed by atoms with E-state index in [1.807, 2.05) is 33.2 Å². The first-order chi connectivity index (χ1) is 14.9. The molecule has 0 radical (unpaired) electrons. The van der Waals surface area contributed by atoms with Crippen molar-refractivity contribution in [3.63, 3.8) is 0 Å². The Kier molecular flexibility index (Phi) is 4.80. The van der Waals surface area contributed by atoms with Crippen LogP contribution in [0, 0.1) is 0 Å². The lowest BCUT2D eigenvalue weighted by Gasteiger charge is -2.33. The third kappa shape index (κ3) is 3.82. The van der Waals surface area contributed by atoms with Crippen LogP contribution in [0.3, 0.4) is 0 Å². The van der Waals surface area contributed by atoms with E-state index in [1.54, 1.807) is 4.90 Å². The van der Waals surface area contributed by atoms with E-state index in [0.717, 1.165) is 30.5 Å². The third-order valence-electron chi connectivity index (χ3n) is 6.08. The van der Waals surface area contributed by atoms with Crippen molar-refractivity contribution >= 4 is 6.09 Å². The predicted octanol–water partition coefficient (Wildman–Crippen LogP) is 5.09. The summed E-state index contributed by atoms with van der Waals surface area (Å²) in [5.41, 5.74) is 6.82. The Bertz CT molecular complexity index is 1120. The van der Waals surface area contributed by atoms with E-state index in [2.05, 4.69) is 51.3 Å². The van der Waals surface area contributed by atoms with Gasteiger partial charge in [-0.1, -0.05) is 24.3 Å². The molecule has 1 aromatic carbocycles. The quantitative estimate of drug-likeness (QED) is 0.457. The zero-order valence-electron chi connectivity index (χ0n) is 18.3. The minimum Gasteiger partial charge on any atom is -0.444 e. The Morgan fingerprint density at radius 3 is 2.65 bits per heavy atom. The molecule has 1 fully saturated rings. The number of rotatable bonds is 2. The molecule has 2 aliphatic rings. The molecule has 0 spiro atoms. The molecule has 0 saturated carbocycles. The molecule has 2 aromatic heterocycles. The van der Waals surface area contributed by atoms with Crippen molar-refractivity contribution in [3.05, 3.63) is 60.2 Å². The van der Waals surface area contributed by atoms with Crippen molar-refractivity contribution in [2.75, 3.05) is 13.1 Å². The molecule has 3 heterocycles. The molecule has 160 valence electrons. The van der Waals surface area contributed by atoms with Gasteiger partial charge >= 0.3 is 6.09 Å². The molecule has 1 amide bonds. The summed E-state index contributed by atoms with van der Waals surface area (Å²) in [7, 11) is 0. The highest BCUT2D eigenvalue weighted by Gasteiger charge is 2.28. The number of ether oxygens (including phenoxy) is 1. The van der Waals surface area contributed by atoms with Gasteiger partial charge in [0.15, 0.2) is 0 Å². The molecular weight excluding hydrogens is 388 g/mol. The minimum atomic E-state index is -0.464. The minimum absolute atomic E-state index is 0.224. The number of aromatic nitrogens is 3. The van der Waals surface area contributed by atoms with Gasteiger partial charge in [-0.15, -0.1) is 0 Å². The van der Waals surface area contributed by atoms with Crippen LogP contribution in [0.25, 0.3) is 22.3 Å². The molecule has 1 aliphatic heterocycles. The SMILES string of the molecule is CC(C)(C)OC(=O)N1CCC(n2cc(-c3ccnc4c3-c3ccccc3C4)cn2)CC1. The number of nitrogens with zero attached hydrogens (tertiary/aromatic N) is 4. The lowest BCUT2D eigenvalue weighted by molar-refractivity contribution is 0.0185. The smallest absolute Gasteiger partial charge is 0.410 e. The van der Waals surface area contributed by atoms with Crippen LogP contribution in [0.5, 0.6) is 0 Å². The molecule has 1 saturated heterocycles. The molecule has 0 N–H and O–H groups in total. The van der Waals surface area contributed by atoms with Gasteiger partial charge in [-0.2, -0.15) is 5.10 Å². The number of benzene rings is 1. The van der Waals surface area contributed by atoms with E-state index in [0.29, 0.717) is 13.1 Å². The zero-order chi connectivity index (χ0) is 21.6. The van der Waals surface area contributed by atoms with Crippen molar-refractivity contribution < 1.29 is 9.53 Å². The van der Waals surface area contributed by atoms with Gasteiger partial charge < -0.3 is 9.64 Å². The fourth-order valence-corrected chi connectivity index (χ4v) is 4.60. The summed E-state index contributed by atoms with van der Waals surface area (Å²) in [4.78, 5) is 18.8. The normalized spacial score (nSPS) is 16.2. The first-order valence-electron chi connectivity index (χ1n) is 11.0. The van der Waals surface area contributed by atoms with Crippen LogP contribution in [0.1, 0.15) is 50.9 Å². The first-order valence-corrected chi connectivity index (χ1v) is 11.0. The average Bonchev–Trinajstić information content (AvgIpc) is 3.37. The lowest BCUT2D eigenvalue weighted by Crippen LogP contribution is -2.42. The summed E-state index contributed by atoms with van der Waals surface area (Å²) in [6.07, 6.45) is 8.40. The summed E-state index contributed by atoms with van der Waals surface area (Å²) in [5, 5.41) is 4.69. The van der Waals surface area contributed by atoms with Crippen molar-refractivity contribution in [2.45, 2.75) is 51.7 Å². The molecule has 6 heteroatoms. The summed E-state index contributed by atoms with van der Waals surface area (Å²) in [6.45, 7) is 7.07. The third-order valence-corrected chi connectivity index (χ3v) is 6.08. The standard InChI is InChI=1S/C25H28N4O2/c1-25(2,3)31-24(30)28-12-9-19(10-13-28)29-16-18(15-27-29)21-8-11-26-22-14-17-6-4-5-7-20(17)23(21)22/h4-8,11,15-16,19H,9-10,12-14H2,1-3H3. The molecule has 6 nitrogen and oxygen atoms in total. The van der Waals surface area contributed by atoms with Gasteiger partial charge in [0.05, 0.1) is 17.9 Å². The van der Waals surface area contributed by atoms with E-state index in [1.165, 1.54) is 22.3 Å². The van der Waals surface area contributed by atoms with E-state index in [-0.39, 0.29) is 12.1 Å². The molecule has 5 rings (SSSR count). The van der Waals surface area contributed by atoms with Gasteiger partial charge in [0, 0.05) is 43.0 Å². The Balaban J connectivity index is 1.33. The molecule has 0 bridgehead atoms. The van der Waals surface area contributed by atoms with Gasteiger partial charge in [0.1, 0.15) is 5.60 Å². The number of fused-ring (bicyclic) bond motifs is 3. The van der Waals surface area contributed by atoms with E-state index in [4.69, 9.17) is 4.74 Å². The highest BCUT2D eigenvalue weighted by molar-refractivity contribution is 5.88. The van der Waals surface area contributed by atoms with E-state index < -0.39 is 5.60 Å². The number of amides is 1. The second kappa shape index (κ2) is 7.52. The van der Waals surface area contributed by atoms with Crippen LogP contribution >= 0.6 is 0 Å². The number of pyridine rings is 1. The van der Waals surface area contributed by atoms with Crippen molar-refractivity contribution in [1.82, 2.24) is 19.7 Å². The van der Waals surface area contributed by atoms with Crippen LogP contribution in [-0.4, -0.2) is 44.4 Å². The van der Waals surface area contributed by atoms with Gasteiger partial charge in [0.25, 0.3) is 0 Å². The van der Waals surface area contributed by atoms with Gasteiger partial charge in [-0.3, -0.25) is 9.67 Å². The van der Waals surface area contributed by atoms with Crippen molar-refractivity contribution in [2.24, 2.45) is 0 Å². The fraction of sp³-hybridized carbons (Fsp3) is 0.400. The monoisotopic (exact) mass is 416 g/mol. The van der Waals surface area contributed by atoms with Crippen LogP contribution < -0.4 is 0 Å². The second-order valence-corrected chi connectivity index (χ2v) is 9.42. The maximum atomic E-state index is 12.3. The summed E-state index contributed by atoms with van der Waals surface area (Å²) in [5.74, 6) is 0. The highest BCUT2D eigenvalue weighted by Crippen LogP contribution is 2.41. The molecule has 1 aliphatic carbocycles. The topological polar surface area (TPSA) is 60.2 Å². The van der Waals surface area contributed by atoms with Gasteiger partial charge in [-0.05, 0) is 56.4 Å². The lowest BCUT2D eigenvalue weighted by atomic mass is 9.98.